The highest BCUT2D eigenvalue weighted by molar-refractivity contribution is 6.30. The SMILES string of the molecule is Clc1ccc2c(c1)CNCC21CCCC1. The van der Waals surface area contributed by atoms with E-state index in [9.17, 15) is 0 Å². The average Bonchev–Trinajstić information content (AvgIpc) is 2.67. The maximum Gasteiger partial charge on any atom is 0.0409 e. The second kappa shape index (κ2) is 3.50. The van der Waals surface area contributed by atoms with Crippen LogP contribution in [0.25, 0.3) is 0 Å². The van der Waals surface area contributed by atoms with Crippen molar-refractivity contribution in [2.24, 2.45) is 0 Å². The highest BCUT2D eigenvalue weighted by atomic mass is 35.5. The van der Waals surface area contributed by atoms with E-state index in [2.05, 4.69) is 17.4 Å². The van der Waals surface area contributed by atoms with E-state index in [1.165, 1.54) is 31.2 Å². The van der Waals surface area contributed by atoms with Crippen LogP contribution in [0.1, 0.15) is 36.8 Å². The van der Waals surface area contributed by atoms with Gasteiger partial charge in [-0.2, -0.15) is 0 Å². The second-order valence-corrected chi connectivity index (χ2v) is 5.33. The number of hydrogen-bond donors (Lipinski definition) is 1. The van der Waals surface area contributed by atoms with Gasteiger partial charge in [-0.1, -0.05) is 30.5 Å². The minimum atomic E-state index is 0.429. The van der Waals surface area contributed by atoms with Gasteiger partial charge in [0.2, 0.25) is 0 Å². The summed E-state index contributed by atoms with van der Waals surface area (Å²) in [6, 6.07) is 6.43. The first-order valence-electron chi connectivity index (χ1n) is 5.80. The van der Waals surface area contributed by atoms with Crippen LogP contribution in [-0.2, 0) is 12.0 Å². The van der Waals surface area contributed by atoms with Crippen molar-refractivity contribution in [1.29, 1.82) is 0 Å². The van der Waals surface area contributed by atoms with Crippen LogP contribution in [-0.4, -0.2) is 6.54 Å². The summed E-state index contributed by atoms with van der Waals surface area (Å²) in [4.78, 5) is 0. The predicted octanol–water partition coefficient (Wildman–Crippen LogP) is 3.26. The molecular formula is C13H16ClN. The third kappa shape index (κ3) is 1.49. The van der Waals surface area contributed by atoms with Crippen molar-refractivity contribution in [1.82, 2.24) is 5.32 Å². The monoisotopic (exact) mass is 221 g/mol. The molecule has 1 aromatic carbocycles. The van der Waals surface area contributed by atoms with E-state index in [1.807, 2.05) is 6.07 Å². The lowest BCUT2D eigenvalue weighted by molar-refractivity contribution is 0.377. The molecule has 1 aliphatic carbocycles. The van der Waals surface area contributed by atoms with Gasteiger partial charge in [-0.25, -0.2) is 0 Å². The van der Waals surface area contributed by atoms with Gasteiger partial charge in [0, 0.05) is 23.5 Å². The summed E-state index contributed by atoms with van der Waals surface area (Å²) >= 11 is 6.04. The molecule has 1 N–H and O–H groups in total. The Labute approximate surface area is 95.8 Å². The Morgan fingerprint density at radius 3 is 2.80 bits per heavy atom. The summed E-state index contributed by atoms with van der Waals surface area (Å²) in [5.74, 6) is 0. The van der Waals surface area contributed by atoms with Gasteiger partial charge in [-0.3, -0.25) is 0 Å². The fourth-order valence-electron chi connectivity index (χ4n) is 3.26. The molecule has 0 aromatic heterocycles. The predicted molar refractivity (Wildman–Crippen MR) is 63.3 cm³/mol. The lowest BCUT2D eigenvalue weighted by Crippen LogP contribution is -2.41. The molecule has 1 aromatic rings. The van der Waals surface area contributed by atoms with E-state index in [1.54, 1.807) is 5.56 Å². The van der Waals surface area contributed by atoms with Crippen LogP contribution >= 0.6 is 11.6 Å². The Hall–Kier alpha value is -0.530. The minimum Gasteiger partial charge on any atom is -0.312 e. The molecule has 2 aliphatic rings. The van der Waals surface area contributed by atoms with Crippen molar-refractivity contribution in [3.63, 3.8) is 0 Å². The van der Waals surface area contributed by atoms with Crippen LogP contribution in [0.2, 0.25) is 5.02 Å². The van der Waals surface area contributed by atoms with Gasteiger partial charge < -0.3 is 5.32 Å². The van der Waals surface area contributed by atoms with Crippen molar-refractivity contribution in [2.45, 2.75) is 37.6 Å². The molecule has 0 amide bonds. The van der Waals surface area contributed by atoms with Crippen LogP contribution in [0.15, 0.2) is 18.2 Å². The van der Waals surface area contributed by atoms with Crippen LogP contribution in [0.4, 0.5) is 0 Å². The van der Waals surface area contributed by atoms with E-state index >= 15 is 0 Å². The summed E-state index contributed by atoms with van der Waals surface area (Å²) in [6.07, 6.45) is 5.44. The van der Waals surface area contributed by atoms with Crippen LogP contribution < -0.4 is 5.32 Å². The van der Waals surface area contributed by atoms with E-state index in [-0.39, 0.29) is 0 Å². The average molecular weight is 222 g/mol. The van der Waals surface area contributed by atoms with Crippen molar-refractivity contribution in [3.05, 3.63) is 34.3 Å². The molecule has 2 heteroatoms. The van der Waals surface area contributed by atoms with Gasteiger partial charge in [-0.05, 0) is 36.1 Å². The third-order valence-electron chi connectivity index (χ3n) is 3.98. The third-order valence-corrected chi connectivity index (χ3v) is 4.21. The minimum absolute atomic E-state index is 0.429. The second-order valence-electron chi connectivity index (χ2n) is 4.89. The summed E-state index contributed by atoms with van der Waals surface area (Å²) in [5, 5.41) is 4.41. The molecule has 0 unspecified atom stereocenters. The number of benzene rings is 1. The molecule has 0 saturated heterocycles. The zero-order valence-electron chi connectivity index (χ0n) is 8.85. The standard InChI is InChI=1S/C13H16ClN/c14-11-3-4-12-10(7-11)8-15-9-13(12)5-1-2-6-13/h3-4,7,15H,1-2,5-6,8-9H2. The van der Waals surface area contributed by atoms with Crippen molar-refractivity contribution < 1.29 is 0 Å². The van der Waals surface area contributed by atoms with Gasteiger partial charge in [0.1, 0.15) is 0 Å². The Balaban J connectivity index is 2.10. The smallest absolute Gasteiger partial charge is 0.0409 e. The molecule has 1 spiro atoms. The van der Waals surface area contributed by atoms with Crippen molar-refractivity contribution >= 4 is 11.6 Å². The molecule has 0 radical (unpaired) electrons. The summed E-state index contributed by atoms with van der Waals surface area (Å²) in [7, 11) is 0. The van der Waals surface area contributed by atoms with Gasteiger partial charge in [0.15, 0.2) is 0 Å². The molecule has 80 valence electrons. The first-order valence-corrected chi connectivity index (χ1v) is 6.18. The molecular weight excluding hydrogens is 206 g/mol. The zero-order valence-corrected chi connectivity index (χ0v) is 9.61. The molecule has 1 aliphatic heterocycles. The highest BCUT2D eigenvalue weighted by Gasteiger charge is 2.38. The Morgan fingerprint density at radius 2 is 2.00 bits per heavy atom. The first-order chi connectivity index (χ1) is 7.30. The molecule has 0 atom stereocenters. The van der Waals surface area contributed by atoms with E-state index in [0.717, 1.165) is 18.1 Å². The number of nitrogens with one attached hydrogen (secondary N) is 1. The number of rotatable bonds is 0. The van der Waals surface area contributed by atoms with Gasteiger partial charge in [-0.15, -0.1) is 0 Å². The number of fused-ring (bicyclic) bond motifs is 2. The maximum absolute atomic E-state index is 6.04. The quantitative estimate of drug-likeness (QED) is 0.709. The van der Waals surface area contributed by atoms with Crippen LogP contribution in [0.5, 0.6) is 0 Å². The molecule has 1 fully saturated rings. The number of halogens is 1. The van der Waals surface area contributed by atoms with Crippen LogP contribution in [0.3, 0.4) is 0 Å². The fraction of sp³-hybridized carbons (Fsp3) is 0.538. The topological polar surface area (TPSA) is 12.0 Å². The lowest BCUT2D eigenvalue weighted by Gasteiger charge is -2.36. The van der Waals surface area contributed by atoms with Crippen molar-refractivity contribution in [2.75, 3.05) is 6.54 Å². The Morgan fingerprint density at radius 1 is 1.20 bits per heavy atom. The summed E-state index contributed by atoms with van der Waals surface area (Å²) in [5.41, 5.74) is 3.40. The normalized spacial score (nSPS) is 23.0. The largest absolute Gasteiger partial charge is 0.312 e. The first kappa shape index (κ1) is 9.68. The fourth-order valence-corrected chi connectivity index (χ4v) is 3.45. The Bertz CT molecular complexity index is 380. The number of hydrogen-bond acceptors (Lipinski definition) is 1. The van der Waals surface area contributed by atoms with E-state index < -0.39 is 0 Å². The van der Waals surface area contributed by atoms with Crippen LogP contribution in [0, 0.1) is 0 Å². The molecule has 1 heterocycles. The lowest BCUT2D eigenvalue weighted by atomic mass is 9.74. The van der Waals surface area contributed by atoms with E-state index in [0.29, 0.717) is 5.41 Å². The van der Waals surface area contributed by atoms with Gasteiger partial charge in [0.25, 0.3) is 0 Å². The van der Waals surface area contributed by atoms with Gasteiger partial charge >= 0.3 is 0 Å². The highest BCUT2D eigenvalue weighted by Crippen LogP contribution is 2.44. The van der Waals surface area contributed by atoms with E-state index in [4.69, 9.17) is 11.6 Å². The summed E-state index contributed by atoms with van der Waals surface area (Å²) in [6.45, 7) is 2.14. The molecule has 3 rings (SSSR count). The molecule has 15 heavy (non-hydrogen) atoms. The van der Waals surface area contributed by atoms with Crippen molar-refractivity contribution in [3.8, 4) is 0 Å². The maximum atomic E-state index is 6.04. The van der Waals surface area contributed by atoms with Gasteiger partial charge in [0.05, 0.1) is 0 Å². The molecule has 1 nitrogen and oxygen atoms in total. The zero-order chi connectivity index (χ0) is 10.3. The molecule has 1 saturated carbocycles. The molecule has 0 bridgehead atoms. The summed E-state index contributed by atoms with van der Waals surface area (Å²) < 4.78 is 0. The Kier molecular flexibility index (Phi) is 2.26.